The molecule has 0 saturated carbocycles. The van der Waals surface area contributed by atoms with Crippen molar-refractivity contribution in [3.63, 3.8) is 0 Å². The smallest absolute Gasteiger partial charge is 0.125 e. The molecule has 1 heterocycles. The molecule has 1 atom stereocenters. The third kappa shape index (κ3) is 3.32. The molecular formula is C11H21N3O. The molecule has 0 aliphatic heterocycles. The third-order valence-electron chi connectivity index (χ3n) is 2.50. The Morgan fingerprint density at radius 2 is 2.33 bits per heavy atom. The molecule has 4 nitrogen and oxygen atoms in total. The van der Waals surface area contributed by atoms with Crippen LogP contribution < -0.4 is 5.32 Å². The lowest BCUT2D eigenvalue weighted by molar-refractivity contribution is 0.136. The molecule has 0 aliphatic carbocycles. The summed E-state index contributed by atoms with van der Waals surface area (Å²) in [6, 6.07) is 0.284. The highest BCUT2D eigenvalue weighted by atomic mass is 16.5. The molecular weight excluding hydrogens is 190 g/mol. The van der Waals surface area contributed by atoms with E-state index in [9.17, 15) is 0 Å². The van der Waals surface area contributed by atoms with Crippen molar-refractivity contribution in [1.82, 2.24) is 14.9 Å². The Labute approximate surface area is 91.7 Å². The van der Waals surface area contributed by atoms with Crippen LogP contribution in [-0.2, 0) is 11.3 Å². The summed E-state index contributed by atoms with van der Waals surface area (Å²) in [5.74, 6) is 1.10. The topological polar surface area (TPSA) is 39.1 Å². The van der Waals surface area contributed by atoms with Gasteiger partial charge in [0.2, 0.25) is 0 Å². The summed E-state index contributed by atoms with van der Waals surface area (Å²) < 4.78 is 7.52. The highest BCUT2D eigenvalue weighted by molar-refractivity contribution is 4.99. The molecule has 0 saturated heterocycles. The number of rotatable bonds is 7. The molecule has 0 radical (unpaired) electrons. The first-order chi connectivity index (χ1) is 7.33. The maximum atomic E-state index is 5.36. The summed E-state index contributed by atoms with van der Waals surface area (Å²) in [5, 5.41) is 3.27. The Balaban J connectivity index is 2.57. The van der Waals surface area contributed by atoms with Gasteiger partial charge in [-0.15, -0.1) is 0 Å². The Bertz CT molecular complexity index is 273. The predicted molar refractivity (Wildman–Crippen MR) is 60.8 cm³/mol. The molecule has 15 heavy (non-hydrogen) atoms. The second kappa shape index (κ2) is 6.58. The van der Waals surface area contributed by atoms with Crippen LogP contribution in [0.15, 0.2) is 12.4 Å². The molecule has 1 unspecified atom stereocenters. The van der Waals surface area contributed by atoms with E-state index in [4.69, 9.17) is 4.74 Å². The molecule has 1 N–H and O–H groups in total. The van der Waals surface area contributed by atoms with Gasteiger partial charge in [0.1, 0.15) is 5.82 Å². The van der Waals surface area contributed by atoms with E-state index in [1.807, 2.05) is 26.4 Å². The van der Waals surface area contributed by atoms with Gasteiger partial charge in [-0.05, 0) is 27.3 Å². The molecule has 1 aromatic heterocycles. The van der Waals surface area contributed by atoms with E-state index in [-0.39, 0.29) is 6.04 Å². The number of hydrogen-bond donors (Lipinski definition) is 1. The van der Waals surface area contributed by atoms with E-state index >= 15 is 0 Å². The van der Waals surface area contributed by atoms with E-state index in [2.05, 4.69) is 21.8 Å². The Morgan fingerprint density at radius 1 is 1.53 bits per heavy atom. The summed E-state index contributed by atoms with van der Waals surface area (Å²) in [6.45, 7) is 6.65. The van der Waals surface area contributed by atoms with Crippen molar-refractivity contribution in [2.24, 2.45) is 0 Å². The SMILES string of the molecule is CCOCCC(NC)c1nccn1CC. The molecule has 1 aromatic rings. The van der Waals surface area contributed by atoms with Gasteiger partial charge in [0.15, 0.2) is 0 Å². The highest BCUT2D eigenvalue weighted by Gasteiger charge is 2.13. The lowest BCUT2D eigenvalue weighted by atomic mass is 10.2. The van der Waals surface area contributed by atoms with Gasteiger partial charge in [0.05, 0.1) is 6.04 Å². The summed E-state index contributed by atoms with van der Waals surface area (Å²) in [7, 11) is 1.96. The second-order valence-corrected chi connectivity index (χ2v) is 3.40. The van der Waals surface area contributed by atoms with E-state index < -0.39 is 0 Å². The van der Waals surface area contributed by atoms with Crippen molar-refractivity contribution >= 4 is 0 Å². The fourth-order valence-corrected chi connectivity index (χ4v) is 1.65. The van der Waals surface area contributed by atoms with Gasteiger partial charge in [-0.25, -0.2) is 4.98 Å². The quantitative estimate of drug-likeness (QED) is 0.696. The van der Waals surface area contributed by atoms with Crippen molar-refractivity contribution in [2.75, 3.05) is 20.3 Å². The molecule has 0 bridgehead atoms. The first kappa shape index (κ1) is 12.2. The Kier molecular flexibility index (Phi) is 5.36. The molecule has 0 spiro atoms. The fourth-order valence-electron chi connectivity index (χ4n) is 1.65. The Morgan fingerprint density at radius 3 is 2.93 bits per heavy atom. The standard InChI is InChI=1S/C11H21N3O/c1-4-14-8-7-13-11(14)10(12-3)6-9-15-5-2/h7-8,10,12H,4-6,9H2,1-3H3. The van der Waals surface area contributed by atoms with Crippen LogP contribution in [0.2, 0.25) is 0 Å². The number of hydrogen-bond acceptors (Lipinski definition) is 3. The van der Waals surface area contributed by atoms with Crippen LogP contribution in [0.4, 0.5) is 0 Å². The van der Waals surface area contributed by atoms with Gasteiger partial charge in [-0.3, -0.25) is 0 Å². The van der Waals surface area contributed by atoms with Crippen LogP contribution in [0.1, 0.15) is 32.1 Å². The molecule has 0 fully saturated rings. The summed E-state index contributed by atoms with van der Waals surface area (Å²) >= 11 is 0. The van der Waals surface area contributed by atoms with Crippen LogP contribution in [0.3, 0.4) is 0 Å². The fraction of sp³-hybridized carbons (Fsp3) is 0.727. The largest absolute Gasteiger partial charge is 0.382 e. The number of nitrogens with one attached hydrogen (secondary N) is 1. The van der Waals surface area contributed by atoms with Crippen LogP contribution in [-0.4, -0.2) is 29.8 Å². The normalized spacial score (nSPS) is 13.0. The van der Waals surface area contributed by atoms with Crippen molar-refractivity contribution in [3.8, 4) is 0 Å². The van der Waals surface area contributed by atoms with Crippen molar-refractivity contribution in [3.05, 3.63) is 18.2 Å². The van der Waals surface area contributed by atoms with Gasteiger partial charge in [-0.2, -0.15) is 0 Å². The average Bonchev–Trinajstić information content (AvgIpc) is 2.72. The first-order valence-electron chi connectivity index (χ1n) is 5.59. The molecule has 0 aromatic carbocycles. The number of aryl methyl sites for hydroxylation is 1. The van der Waals surface area contributed by atoms with Gasteiger partial charge in [0.25, 0.3) is 0 Å². The van der Waals surface area contributed by atoms with Crippen molar-refractivity contribution in [2.45, 2.75) is 32.9 Å². The van der Waals surface area contributed by atoms with E-state index in [1.165, 1.54) is 0 Å². The monoisotopic (exact) mass is 211 g/mol. The first-order valence-corrected chi connectivity index (χ1v) is 5.59. The lowest BCUT2D eigenvalue weighted by Gasteiger charge is -2.16. The minimum absolute atomic E-state index is 0.284. The second-order valence-electron chi connectivity index (χ2n) is 3.40. The Hall–Kier alpha value is -0.870. The minimum atomic E-state index is 0.284. The van der Waals surface area contributed by atoms with Crippen LogP contribution in [0.25, 0.3) is 0 Å². The molecule has 86 valence electrons. The van der Waals surface area contributed by atoms with Gasteiger partial charge in [0, 0.05) is 32.2 Å². The highest BCUT2D eigenvalue weighted by Crippen LogP contribution is 2.14. The lowest BCUT2D eigenvalue weighted by Crippen LogP contribution is -2.22. The van der Waals surface area contributed by atoms with Gasteiger partial charge >= 0.3 is 0 Å². The number of ether oxygens (including phenoxy) is 1. The van der Waals surface area contributed by atoms with Crippen molar-refractivity contribution in [1.29, 1.82) is 0 Å². The minimum Gasteiger partial charge on any atom is -0.382 e. The molecule has 1 rings (SSSR count). The maximum Gasteiger partial charge on any atom is 0.125 e. The number of imidazole rings is 1. The van der Waals surface area contributed by atoms with E-state index in [1.54, 1.807) is 0 Å². The molecule has 0 aliphatic rings. The van der Waals surface area contributed by atoms with Crippen LogP contribution in [0.5, 0.6) is 0 Å². The summed E-state index contributed by atoms with van der Waals surface area (Å²) in [4.78, 5) is 4.38. The van der Waals surface area contributed by atoms with Crippen LogP contribution >= 0.6 is 0 Å². The number of aromatic nitrogens is 2. The van der Waals surface area contributed by atoms with Gasteiger partial charge < -0.3 is 14.6 Å². The van der Waals surface area contributed by atoms with Crippen LogP contribution in [0, 0.1) is 0 Å². The summed E-state index contributed by atoms with van der Waals surface area (Å²) in [5.41, 5.74) is 0. The number of nitrogens with zero attached hydrogens (tertiary/aromatic N) is 2. The average molecular weight is 211 g/mol. The van der Waals surface area contributed by atoms with E-state index in [0.29, 0.717) is 0 Å². The predicted octanol–water partition coefficient (Wildman–Crippen LogP) is 1.59. The molecule has 0 amide bonds. The van der Waals surface area contributed by atoms with E-state index in [0.717, 1.165) is 32.0 Å². The van der Waals surface area contributed by atoms with Crippen molar-refractivity contribution < 1.29 is 4.74 Å². The molecule has 4 heteroatoms. The zero-order valence-corrected chi connectivity index (χ0v) is 9.86. The zero-order valence-electron chi connectivity index (χ0n) is 9.86. The van der Waals surface area contributed by atoms with Gasteiger partial charge in [-0.1, -0.05) is 0 Å². The third-order valence-corrected chi connectivity index (χ3v) is 2.50. The zero-order chi connectivity index (χ0) is 11.1. The summed E-state index contributed by atoms with van der Waals surface area (Å²) in [6.07, 6.45) is 4.82. The maximum absolute atomic E-state index is 5.36.